The van der Waals surface area contributed by atoms with Gasteiger partial charge in [-0.05, 0) is 42.5 Å². The van der Waals surface area contributed by atoms with Crippen molar-refractivity contribution >= 4 is 21.6 Å². The molecule has 0 saturated heterocycles. The maximum absolute atomic E-state index is 5.70. The van der Waals surface area contributed by atoms with Crippen LogP contribution < -0.4 is 5.73 Å². The van der Waals surface area contributed by atoms with Crippen molar-refractivity contribution in [2.45, 2.75) is 0 Å². The fourth-order valence-corrected chi connectivity index (χ4v) is 2.34. The Balaban J connectivity index is 2.03. The smallest absolute Gasteiger partial charge is 0.159 e. The summed E-state index contributed by atoms with van der Waals surface area (Å²) in [5.41, 5.74) is 9.33. The van der Waals surface area contributed by atoms with Gasteiger partial charge in [-0.1, -0.05) is 28.1 Å². The zero-order valence-electron chi connectivity index (χ0n) is 10.6. The average molecular weight is 326 g/mol. The van der Waals surface area contributed by atoms with Gasteiger partial charge in [0.1, 0.15) is 0 Å². The van der Waals surface area contributed by atoms with E-state index in [9.17, 15) is 0 Å². The van der Waals surface area contributed by atoms with Crippen LogP contribution in [0.15, 0.2) is 65.3 Å². The molecular formula is C16H12BrN3. The number of nitrogens with two attached hydrogens (primary N) is 1. The molecule has 20 heavy (non-hydrogen) atoms. The first-order valence-corrected chi connectivity index (χ1v) is 6.96. The minimum Gasteiger partial charge on any atom is -0.399 e. The highest BCUT2D eigenvalue weighted by Crippen LogP contribution is 2.23. The first kappa shape index (κ1) is 12.8. The van der Waals surface area contributed by atoms with Crippen molar-refractivity contribution in [3.8, 4) is 22.6 Å². The number of nitrogen functional groups attached to an aromatic ring is 1. The molecule has 0 amide bonds. The highest BCUT2D eigenvalue weighted by Gasteiger charge is 2.05. The third kappa shape index (κ3) is 2.70. The quantitative estimate of drug-likeness (QED) is 0.720. The highest BCUT2D eigenvalue weighted by atomic mass is 79.9. The summed E-state index contributed by atoms with van der Waals surface area (Å²) in [4.78, 5) is 8.93. The van der Waals surface area contributed by atoms with E-state index in [-0.39, 0.29) is 0 Å². The second-order valence-corrected chi connectivity index (χ2v) is 5.31. The Kier molecular flexibility index (Phi) is 3.48. The number of hydrogen-bond acceptors (Lipinski definition) is 3. The SMILES string of the molecule is Nc1ccc(-c2nccc(-c3cccc(Br)c3)n2)cc1. The molecule has 0 saturated carbocycles. The van der Waals surface area contributed by atoms with Gasteiger partial charge < -0.3 is 5.73 Å². The maximum atomic E-state index is 5.70. The topological polar surface area (TPSA) is 51.8 Å². The fraction of sp³-hybridized carbons (Fsp3) is 0. The lowest BCUT2D eigenvalue weighted by molar-refractivity contribution is 1.18. The van der Waals surface area contributed by atoms with Crippen LogP contribution >= 0.6 is 15.9 Å². The van der Waals surface area contributed by atoms with Crippen LogP contribution in [0, 0.1) is 0 Å². The summed E-state index contributed by atoms with van der Waals surface area (Å²) in [6, 6.07) is 17.5. The summed E-state index contributed by atoms with van der Waals surface area (Å²) in [6.45, 7) is 0. The lowest BCUT2D eigenvalue weighted by Crippen LogP contribution is -1.92. The molecular weight excluding hydrogens is 314 g/mol. The van der Waals surface area contributed by atoms with Crippen molar-refractivity contribution in [3.05, 3.63) is 65.3 Å². The lowest BCUT2D eigenvalue weighted by Gasteiger charge is -2.05. The van der Waals surface area contributed by atoms with Crippen LogP contribution in [0.5, 0.6) is 0 Å². The second kappa shape index (κ2) is 5.43. The first-order chi connectivity index (χ1) is 9.72. The third-order valence-electron chi connectivity index (χ3n) is 2.94. The van der Waals surface area contributed by atoms with Crippen LogP contribution in [-0.2, 0) is 0 Å². The molecule has 98 valence electrons. The molecule has 3 nitrogen and oxygen atoms in total. The van der Waals surface area contributed by atoms with E-state index in [4.69, 9.17) is 5.73 Å². The number of aromatic nitrogens is 2. The first-order valence-electron chi connectivity index (χ1n) is 6.17. The number of anilines is 1. The van der Waals surface area contributed by atoms with Gasteiger partial charge in [0.2, 0.25) is 0 Å². The Bertz CT molecular complexity index is 739. The van der Waals surface area contributed by atoms with Crippen LogP contribution in [0.2, 0.25) is 0 Å². The summed E-state index contributed by atoms with van der Waals surface area (Å²) in [5, 5.41) is 0. The van der Waals surface area contributed by atoms with Crippen LogP contribution in [-0.4, -0.2) is 9.97 Å². The molecule has 0 aliphatic rings. The third-order valence-corrected chi connectivity index (χ3v) is 3.44. The van der Waals surface area contributed by atoms with Crippen LogP contribution in [0.25, 0.3) is 22.6 Å². The predicted octanol–water partition coefficient (Wildman–Crippen LogP) is 4.16. The maximum Gasteiger partial charge on any atom is 0.159 e. The van der Waals surface area contributed by atoms with Gasteiger partial charge in [0.05, 0.1) is 5.69 Å². The molecule has 3 rings (SSSR count). The Morgan fingerprint density at radius 2 is 1.70 bits per heavy atom. The second-order valence-electron chi connectivity index (χ2n) is 4.40. The van der Waals surface area contributed by atoms with Crippen molar-refractivity contribution in [2.24, 2.45) is 0 Å². The molecule has 1 aromatic heterocycles. The molecule has 4 heteroatoms. The van der Waals surface area contributed by atoms with Gasteiger partial charge >= 0.3 is 0 Å². The zero-order chi connectivity index (χ0) is 13.9. The van der Waals surface area contributed by atoms with Crippen LogP contribution in [0.3, 0.4) is 0 Å². The standard InChI is InChI=1S/C16H12BrN3/c17-13-3-1-2-12(10-13)15-8-9-19-16(20-15)11-4-6-14(18)7-5-11/h1-10H,18H2. The van der Waals surface area contributed by atoms with Crippen LogP contribution in [0.1, 0.15) is 0 Å². The summed E-state index contributed by atoms with van der Waals surface area (Å²) in [7, 11) is 0. The van der Waals surface area contributed by atoms with Crippen molar-refractivity contribution < 1.29 is 0 Å². The molecule has 0 atom stereocenters. The lowest BCUT2D eigenvalue weighted by atomic mass is 10.1. The summed E-state index contributed by atoms with van der Waals surface area (Å²) in [6.07, 6.45) is 1.77. The van der Waals surface area contributed by atoms with Gasteiger partial charge in [-0.25, -0.2) is 9.97 Å². The molecule has 0 fully saturated rings. The molecule has 0 radical (unpaired) electrons. The molecule has 0 unspecified atom stereocenters. The minimum atomic E-state index is 0.697. The monoisotopic (exact) mass is 325 g/mol. The van der Waals surface area contributed by atoms with Crippen molar-refractivity contribution in [1.29, 1.82) is 0 Å². The van der Waals surface area contributed by atoms with Gasteiger partial charge in [-0.2, -0.15) is 0 Å². The molecule has 0 aliphatic carbocycles. The Morgan fingerprint density at radius 3 is 2.45 bits per heavy atom. The van der Waals surface area contributed by atoms with Crippen molar-refractivity contribution in [2.75, 3.05) is 5.73 Å². The molecule has 2 N–H and O–H groups in total. The molecule has 0 bridgehead atoms. The number of benzene rings is 2. The highest BCUT2D eigenvalue weighted by molar-refractivity contribution is 9.10. The Labute approximate surface area is 125 Å². The minimum absolute atomic E-state index is 0.697. The number of halogens is 1. The van der Waals surface area contributed by atoms with Gasteiger partial charge in [0, 0.05) is 27.5 Å². The van der Waals surface area contributed by atoms with Gasteiger partial charge in [0.25, 0.3) is 0 Å². The van der Waals surface area contributed by atoms with E-state index < -0.39 is 0 Å². The zero-order valence-corrected chi connectivity index (χ0v) is 12.2. The predicted molar refractivity (Wildman–Crippen MR) is 85.0 cm³/mol. The van der Waals surface area contributed by atoms with E-state index in [0.717, 1.165) is 27.0 Å². The number of hydrogen-bond donors (Lipinski definition) is 1. The molecule has 2 aromatic carbocycles. The van der Waals surface area contributed by atoms with Crippen LogP contribution in [0.4, 0.5) is 5.69 Å². The van der Waals surface area contributed by atoms with Gasteiger partial charge in [-0.3, -0.25) is 0 Å². The van der Waals surface area contributed by atoms with Crippen molar-refractivity contribution in [1.82, 2.24) is 9.97 Å². The number of nitrogens with zero attached hydrogens (tertiary/aromatic N) is 2. The van der Waals surface area contributed by atoms with Gasteiger partial charge in [-0.15, -0.1) is 0 Å². The molecule has 0 spiro atoms. The van der Waals surface area contributed by atoms with E-state index in [0.29, 0.717) is 5.82 Å². The summed E-state index contributed by atoms with van der Waals surface area (Å²) >= 11 is 3.47. The molecule has 1 heterocycles. The number of rotatable bonds is 2. The molecule has 3 aromatic rings. The van der Waals surface area contributed by atoms with Gasteiger partial charge in [0.15, 0.2) is 5.82 Å². The van der Waals surface area contributed by atoms with E-state index in [1.807, 2.05) is 54.6 Å². The molecule has 0 aliphatic heterocycles. The van der Waals surface area contributed by atoms with E-state index in [1.165, 1.54) is 0 Å². The Hall–Kier alpha value is -2.20. The summed E-state index contributed by atoms with van der Waals surface area (Å²) < 4.78 is 1.03. The fourth-order valence-electron chi connectivity index (χ4n) is 1.94. The largest absolute Gasteiger partial charge is 0.399 e. The van der Waals surface area contributed by atoms with Crippen molar-refractivity contribution in [3.63, 3.8) is 0 Å². The normalized spacial score (nSPS) is 10.4. The van der Waals surface area contributed by atoms with E-state index in [2.05, 4.69) is 25.9 Å². The summed E-state index contributed by atoms with van der Waals surface area (Å²) in [5.74, 6) is 0.697. The average Bonchev–Trinajstić information content (AvgIpc) is 2.48. The Morgan fingerprint density at radius 1 is 0.900 bits per heavy atom. The van der Waals surface area contributed by atoms with E-state index >= 15 is 0 Å². The van der Waals surface area contributed by atoms with E-state index in [1.54, 1.807) is 6.20 Å².